The maximum absolute atomic E-state index is 13.0. The third-order valence-corrected chi connectivity index (χ3v) is 6.20. The number of rotatable bonds is 3. The summed E-state index contributed by atoms with van der Waals surface area (Å²) in [4.78, 5) is 30.3. The molecule has 5 nitrogen and oxygen atoms in total. The molecule has 126 valence electrons. The molecule has 2 aromatic carbocycles. The Labute approximate surface area is 154 Å². The molecule has 2 amide bonds. The standard InChI is InChI=1S/C18H15N3O2S2/c22-16(13-9-5-2-6-10-13)19-15-14(12-7-3-1-4-8-12)20-18-21(17(15)23)25-11-24-18/h1-10,14-15H,11H2,(H,19,22)/t14-,15+/m1/s1. The van der Waals surface area contributed by atoms with Crippen molar-refractivity contribution in [1.29, 1.82) is 0 Å². The normalized spacial score (nSPS) is 22.3. The molecule has 1 N–H and O–H groups in total. The van der Waals surface area contributed by atoms with Crippen LogP contribution in [0, 0.1) is 0 Å². The first kappa shape index (κ1) is 16.2. The van der Waals surface area contributed by atoms with Crippen LogP contribution in [0.25, 0.3) is 0 Å². The lowest BCUT2D eigenvalue weighted by Gasteiger charge is -2.32. The highest BCUT2D eigenvalue weighted by atomic mass is 32.2. The quantitative estimate of drug-likeness (QED) is 0.845. The van der Waals surface area contributed by atoms with Crippen LogP contribution in [-0.2, 0) is 4.79 Å². The molecule has 25 heavy (non-hydrogen) atoms. The van der Waals surface area contributed by atoms with Crippen LogP contribution >= 0.6 is 23.7 Å². The molecule has 2 atom stereocenters. The van der Waals surface area contributed by atoms with E-state index in [-0.39, 0.29) is 11.8 Å². The zero-order valence-electron chi connectivity index (χ0n) is 13.2. The molecular formula is C18H15N3O2S2. The van der Waals surface area contributed by atoms with Gasteiger partial charge in [0, 0.05) is 5.56 Å². The van der Waals surface area contributed by atoms with Gasteiger partial charge >= 0.3 is 0 Å². The van der Waals surface area contributed by atoms with E-state index in [0.29, 0.717) is 10.7 Å². The average molecular weight is 369 g/mol. The maximum Gasteiger partial charge on any atom is 0.263 e. The van der Waals surface area contributed by atoms with Crippen LogP contribution in [0.15, 0.2) is 65.7 Å². The molecule has 2 aromatic rings. The van der Waals surface area contributed by atoms with Crippen molar-refractivity contribution in [3.8, 4) is 0 Å². The lowest BCUT2D eigenvalue weighted by molar-refractivity contribution is -0.126. The molecule has 2 heterocycles. The zero-order valence-corrected chi connectivity index (χ0v) is 14.8. The molecule has 2 aliphatic heterocycles. The molecule has 1 fully saturated rings. The smallest absolute Gasteiger partial charge is 0.263 e. The zero-order chi connectivity index (χ0) is 17.2. The fraction of sp³-hybridized carbons (Fsp3) is 0.167. The number of carbonyl (C=O) groups excluding carboxylic acids is 2. The number of nitrogens with zero attached hydrogens (tertiary/aromatic N) is 2. The Hall–Kier alpha value is -2.25. The van der Waals surface area contributed by atoms with Crippen LogP contribution in [0.3, 0.4) is 0 Å². The minimum absolute atomic E-state index is 0.127. The highest BCUT2D eigenvalue weighted by molar-refractivity contribution is 8.28. The van der Waals surface area contributed by atoms with Gasteiger partial charge in [-0.1, -0.05) is 60.3 Å². The number of aliphatic imine (C=N–C) groups is 1. The number of hydrogen-bond acceptors (Lipinski definition) is 5. The number of amides is 2. The van der Waals surface area contributed by atoms with Gasteiger partial charge in [-0.15, -0.1) is 0 Å². The van der Waals surface area contributed by atoms with E-state index >= 15 is 0 Å². The predicted molar refractivity (Wildman–Crippen MR) is 101 cm³/mol. The van der Waals surface area contributed by atoms with Gasteiger partial charge in [0.1, 0.15) is 12.1 Å². The maximum atomic E-state index is 13.0. The molecule has 0 radical (unpaired) electrons. The van der Waals surface area contributed by atoms with E-state index < -0.39 is 12.1 Å². The fourth-order valence-corrected chi connectivity index (χ4v) is 4.98. The third-order valence-electron chi connectivity index (χ3n) is 4.04. The van der Waals surface area contributed by atoms with E-state index in [9.17, 15) is 9.59 Å². The van der Waals surface area contributed by atoms with Gasteiger partial charge in [-0.25, -0.2) is 4.31 Å². The Kier molecular flexibility index (Phi) is 4.50. The van der Waals surface area contributed by atoms with Gasteiger partial charge in [0.15, 0.2) is 5.17 Å². The third kappa shape index (κ3) is 3.17. The van der Waals surface area contributed by atoms with Crippen molar-refractivity contribution >= 4 is 40.7 Å². The second kappa shape index (κ2) is 6.93. The summed E-state index contributed by atoms with van der Waals surface area (Å²) in [5, 5.41) is 4.36. The van der Waals surface area contributed by atoms with E-state index in [1.165, 1.54) is 11.9 Å². The first-order chi connectivity index (χ1) is 12.2. The van der Waals surface area contributed by atoms with Crippen LogP contribution in [-0.4, -0.2) is 32.4 Å². The van der Waals surface area contributed by atoms with Crippen LogP contribution in [0.2, 0.25) is 0 Å². The summed E-state index contributed by atoms with van der Waals surface area (Å²) in [6, 6.07) is 17.4. The van der Waals surface area contributed by atoms with Crippen molar-refractivity contribution in [2.24, 2.45) is 4.99 Å². The molecule has 0 aromatic heterocycles. The van der Waals surface area contributed by atoms with Gasteiger partial charge in [0.2, 0.25) is 0 Å². The van der Waals surface area contributed by atoms with E-state index in [0.717, 1.165) is 10.6 Å². The highest BCUT2D eigenvalue weighted by Gasteiger charge is 2.43. The molecule has 4 rings (SSSR count). The molecule has 0 aliphatic carbocycles. The number of amidine groups is 1. The summed E-state index contributed by atoms with van der Waals surface area (Å²) in [6.07, 6.45) is 0. The first-order valence-electron chi connectivity index (χ1n) is 7.82. The summed E-state index contributed by atoms with van der Waals surface area (Å²) < 4.78 is 1.60. The fourth-order valence-electron chi connectivity index (χ4n) is 2.82. The number of nitrogens with one attached hydrogen (secondary N) is 1. The minimum atomic E-state index is -0.718. The topological polar surface area (TPSA) is 61.8 Å². The summed E-state index contributed by atoms with van der Waals surface area (Å²) in [6.45, 7) is 0. The van der Waals surface area contributed by atoms with Gasteiger partial charge in [-0.3, -0.25) is 14.6 Å². The Morgan fingerprint density at radius 2 is 1.76 bits per heavy atom. The van der Waals surface area contributed by atoms with E-state index in [4.69, 9.17) is 4.99 Å². The van der Waals surface area contributed by atoms with Gasteiger partial charge in [-0.05, 0) is 29.6 Å². The van der Waals surface area contributed by atoms with E-state index in [2.05, 4.69) is 5.32 Å². The van der Waals surface area contributed by atoms with Crippen LogP contribution in [0.5, 0.6) is 0 Å². The van der Waals surface area contributed by atoms with Crippen LogP contribution in [0.4, 0.5) is 0 Å². The average Bonchev–Trinajstić information content (AvgIpc) is 3.14. The molecule has 0 bridgehead atoms. The first-order valence-corrected chi connectivity index (χ1v) is 9.75. The molecule has 0 saturated carbocycles. The molecule has 0 unspecified atom stereocenters. The van der Waals surface area contributed by atoms with Crippen molar-refractivity contribution < 1.29 is 9.59 Å². The SMILES string of the molecule is O=C(N[C@@H]1C(=O)N2SCSC2=N[C@@H]1c1ccccc1)c1ccccc1. The molecule has 7 heteroatoms. The van der Waals surface area contributed by atoms with Crippen LogP contribution in [0.1, 0.15) is 22.0 Å². The van der Waals surface area contributed by atoms with Gasteiger partial charge in [-0.2, -0.15) is 0 Å². The van der Waals surface area contributed by atoms with Gasteiger partial charge < -0.3 is 5.32 Å². The van der Waals surface area contributed by atoms with Crippen LogP contribution < -0.4 is 5.32 Å². The van der Waals surface area contributed by atoms with Crippen molar-refractivity contribution in [3.63, 3.8) is 0 Å². The number of fused-ring (bicyclic) bond motifs is 1. The van der Waals surface area contributed by atoms with Gasteiger partial charge in [0.25, 0.3) is 11.8 Å². The molecule has 1 saturated heterocycles. The van der Waals surface area contributed by atoms with Crippen molar-refractivity contribution in [1.82, 2.24) is 9.62 Å². The number of hydrogen-bond donors (Lipinski definition) is 1. The second-order valence-electron chi connectivity index (χ2n) is 5.61. The Morgan fingerprint density at radius 1 is 1.08 bits per heavy atom. The Bertz CT molecular complexity index is 827. The summed E-state index contributed by atoms with van der Waals surface area (Å²) in [5.41, 5.74) is 1.44. The molecule has 0 spiro atoms. The minimum Gasteiger partial charge on any atom is -0.338 e. The molecule has 2 aliphatic rings. The second-order valence-corrected chi connectivity index (χ2v) is 7.83. The lowest BCUT2D eigenvalue weighted by Crippen LogP contribution is -2.52. The summed E-state index contributed by atoms with van der Waals surface area (Å²) >= 11 is 2.97. The van der Waals surface area contributed by atoms with Crippen molar-refractivity contribution in [3.05, 3.63) is 71.8 Å². The van der Waals surface area contributed by atoms with Crippen molar-refractivity contribution in [2.45, 2.75) is 12.1 Å². The van der Waals surface area contributed by atoms with E-state index in [1.807, 2.05) is 36.4 Å². The summed E-state index contributed by atoms with van der Waals surface area (Å²) in [5.74, 6) is -0.395. The Balaban J connectivity index is 1.67. The largest absolute Gasteiger partial charge is 0.338 e. The predicted octanol–water partition coefficient (Wildman–Crippen LogP) is 3.08. The lowest BCUT2D eigenvalue weighted by atomic mass is 9.97. The van der Waals surface area contributed by atoms with Crippen molar-refractivity contribution in [2.75, 3.05) is 5.08 Å². The Morgan fingerprint density at radius 3 is 2.48 bits per heavy atom. The van der Waals surface area contributed by atoms with E-state index in [1.54, 1.807) is 40.3 Å². The number of thioether (sulfide) groups is 1. The van der Waals surface area contributed by atoms with Gasteiger partial charge in [0.05, 0.1) is 5.08 Å². The number of benzene rings is 2. The highest BCUT2D eigenvalue weighted by Crippen LogP contribution is 2.39. The number of carbonyl (C=O) groups is 2. The monoisotopic (exact) mass is 369 g/mol. The summed E-state index contributed by atoms with van der Waals surface area (Å²) in [7, 11) is 0. The molecular weight excluding hydrogens is 354 g/mol.